The average molecular weight is 411 g/mol. The van der Waals surface area contributed by atoms with E-state index in [9.17, 15) is 9.59 Å². The molecule has 0 fully saturated rings. The number of aromatic nitrogens is 1. The normalized spacial score (nSPS) is 13.5. The van der Waals surface area contributed by atoms with Crippen molar-refractivity contribution in [1.29, 1.82) is 0 Å². The number of nitrogens with zero attached hydrogens (tertiary/aromatic N) is 2. The first-order valence-corrected chi connectivity index (χ1v) is 11.2. The third-order valence-corrected chi connectivity index (χ3v) is 6.32. The summed E-state index contributed by atoms with van der Waals surface area (Å²) in [7, 11) is 0. The molecule has 0 spiro atoms. The van der Waals surface area contributed by atoms with Gasteiger partial charge >= 0.3 is 0 Å². The van der Waals surface area contributed by atoms with Gasteiger partial charge in [-0.2, -0.15) is 0 Å². The Morgan fingerprint density at radius 3 is 1.55 bits per heavy atom. The van der Waals surface area contributed by atoms with Gasteiger partial charge in [-0.15, -0.1) is 0 Å². The van der Waals surface area contributed by atoms with E-state index in [-0.39, 0.29) is 11.8 Å². The van der Waals surface area contributed by atoms with E-state index in [1.807, 2.05) is 12.1 Å². The van der Waals surface area contributed by atoms with Gasteiger partial charge in [0.1, 0.15) is 0 Å². The molecular formula is C27H26N2O2. The maximum atomic E-state index is 12.4. The Kier molecular flexibility index (Phi) is 5.29. The summed E-state index contributed by atoms with van der Waals surface area (Å²) in [5.74, 6) is -0.293. The first-order chi connectivity index (χ1) is 15.3. The van der Waals surface area contributed by atoms with Crippen LogP contribution in [0.3, 0.4) is 0 Å². The fourth-order valence-corrected chi connectivity index (χ4v) is 4.76. The highest BCUT2D eigenvalue weighted by Gasteiger charge is 2.34. The van der Waals surface area contributed by atoms with Crippen molar-refractivity contribution in [2.75, 3.05) is 6.54 Å². The van der Waals surface area contributed by atoms with Crippen LogP contribution in [0.1, 0.15) is 52.8 Å². The van der Waals surface area contributed by atoms with E-state index >= 15 is 0 Å². The number of hydrogen-bond donors (Lipinski definition) is 0. The second kappa shape index (κ2) is 8.38. The fraction of sp³-hybridized carbons (Fsp3) is 0.259. The summed E-state index contributed by atoms with van der Waals surface area (Å²) in [6.45, 7) is 1.52. The zero-order valence-corrected chi connectivity index (χ0v) is 17.6. The molecule has 1 aliphatic rings. The standard InChI is InChI=1S/C27H26N2O2/c30-26-22-14-4-5-15-23(22)27(31)29(26)19-11-3-1-2-10-18-28-24-16-8-6-12-20(24)21-13-7-9-17-25(21)28/h4-9,12-17H,1-3,10-11,18-19H2. The van der Waals surface area contributed by atoms with Crippen LogP contribution in [0.15, 0.2) is 72.8 Å². The van der Waals surface area contributed by atoms with Crippen LogP contribution in [0.4, 0.5) is 0 Å². The quantitative estimate of drug-likeness (QED) is 0.262. The zero-order chi connectivity index (χ0) is 21.2. The van der Waals surface area contributed by atoms with E-state index in [2.05, 4.69) is 53.1 Å². The largest absolute Gasteiger partial charge is 0.340 e. The van der Waals surface area contributed by atoms with Gasteiger partial charge < -0.3 is 4.57 Å². The summed E-state index contributed by atoms with van der Waals surface area (Å²) in [6, 6.07) is 24.3. The van der Waals surface area contributed by atoms with E-state index in [0.29, 0.717) is 17.7 Å². The zero-order valence-electron chi connectivity index (χ0n) is 17.6. The van der Waals surface area contributed by atoms with E-state index < -0.39 is 0 Å². The molecule has 2 heterocycles. The van der Waals surface area contributed by atoms with Crippen molar-refractivity contribution in [1.82, 2.24) is 9.47 Å². The van der Waals surface area contributed by atoms with Crippen molar-refractivity contribution < 1.29 is 9.59 Å². The van der Waals surface area contributed by atoms with Crippen molar-refractivity contribution in [3.05, 3.63) is 83.9 Å². The Bertz CT molecular complexity index is 1180. The lowest BCUT2D eigenvalue weighted by molar-refractivity contribution is 0.0651. The fourth-order valence-electron chi connectivity index (χ4n) is 4.76. The molecule has 0 radical (unpaired) electrons. The predicted molar refractivity (Wildman–Crippen MR) is 124 cm³/mol. The number of hydrogen-bond acceptors (Lipinski definition) is 2. The Labute approximate surface area is 182 Å². The van der Waals surface area contributed by atoms with Crippen LogP contribution in [-0.2, 0) is 6.54 Å². The molecule has 156 valence electrons. The van der Waals surface area contributed by atoms with E-state index in [1.54, 1.807) is 12.1 Å². The van der Waals surface area contributed by atoms with E-state index in [0.717, 1.165) is 38.6 Å². The van der Waals surface area contributed by atoms with Crippen molar-refractivity contribution in [2.45, 2.75) is 38.6 Å². The number of aryl methyl sites for hydroxylation is 1. The first-order valence-electron chi connectivity index (χ1n) is 11.2. The molecule has 1 aliphatic heterocycles. The second-order valence-corrected chi connectivity index (χ2v) is 8.26. The van der Waals surface area contributed by atoms with Crippen LogP contribution in [0, 0.1) is 0 Å². The Hall–Kier alpha value is -3.40. The summed E-state index contributed by atoms with van der Waals surface area (Å²) in [5, 5.41) is 2.64. The van der Waals surface area contributed by atoms with E-state index in [1.165, 1.54) is 26.7 Å². The number of fused-ring (bicyclic) bond motifs is 4. The lowest BCUT2D eigenvalue weighted by Gasteiger charge is -2.13. The predicted octanol–water partition coefficient (Wildman–Crippen LogP) is 6.04. The first kappa shape index (κ1) is 19.6. The number of rotatable bonds is 8. The second-order valence-electron chi connectivity index (χ2n) is 8.26. The Balaban J connectivity index is 1.12. The van der Waals surface area contributed by atoms with Crippen molar-refractivity contribution in [3.63, 3.8) is 0 Å². The van der Waals surface area contributed by atoms with Crippen LogP contribution in [0.5, 0.6) is 0 Å². The van der Waals surface area contributed by atoms with Crippen LogP contribution >= 0.6 is 0 Å². The Morgan fingerprint density at radius 2 is 0.968 bits per heavy atom. The maximum Gasteiger partial charge on any atom is 0.261 e. The van der Waals surface area contributed by atoms with Gasteiger partial charge in [0.2, 0.25) is 0 Å². The number of unbranched alkanes of at least 4 members (excludes halogenated alkanes) is 4. The third-order valence-electron chi connectivity index (χ3n) is 6.32. The molecule has 0 bridgehead atoms. The molecule has 5 rings (SSSR count). The molecular weight excluding hydrogens is 384 g/mol. The van der Waals surface area contributed by atoms with Crippen molar-refractivity contribution in [2.24, 2.45) is 0 Å². The molecule has 1 aromatic heterocycles. The van der Waals surface area contributed by atoms with Gasteiger partial charge in [-0.05, 0) is 37.1 Å². The number of carbonyl (C=O) groups is 2. The topological polar surface area (TPSA) is 42.3 Å². The van der Waals surface area contributed by atoms with Crippen LogP contribution in [-0.4, -0.2) is 27.8 Å². The summed E-state index contributed by atoms with van der Waals surface area (Å²) in [5.41, 5.74) is 3.68. The van der Waals surface area contributed by atoms with Gasteiger partial charge in [-0.1, -0.05) is 67.8 Å². The lowest BCUT2D eigenvalue weighted by Crippen LogP contribution is -2.30. The maximum absolute atomic E-state index is 12.4. The SMILES string of the molecule is O=C1c2ccccc2C(=O)N1CCCCCCCn1c2ccccc2c2ccccc21. The van der Waals surface area contributed by atoms with Crippen LogP contribution < -0.4 is 0 Å². The van der Waals surface area contributed by atoms with Crippen LogP contribution in [0.2, 0.25) is 0 Å². The molecule has 0 atom stereocenters. The van der Waals surface area contributed by atoms with Gasteiger partial charge in [0.15, 0.2) is 0 Å². The smallest absolute Gasteiger partial charge is 0.261 e. The minimum atomic E-state index is -0.146. The van der Waals surface area contributed by atoms with E-state index in [4.69, 9.17) is 0 Å². The number of carbonyl (C=O) groups excluding carboxylic acids is 2. The monoisotopic (exact) mass is 410 g/mol. The molecule has 0 N–H and O–H groups in total. The van der Waals surface area contributed by atoms with Crippen molar-refractivity contribution in [3.8, 4) is 0 Å². The molecule has 31 heavy (non-hydrogen) atoms. The molecule has 3 aromatic carbocycles. The van der Waals surface area contributed by atoms with Crippen molar-refractivity contribution >= 4 is 33.6 Å². The summed E-state index contributed by atoms with van der Waals surface area (Å²) >= 11 is 0. The van der Waals surface area contributed by atoms with Gasteiger partial charge in [0.25, 0.3) is 11.8 Å². The molecule has 0 aliphatic carbocycles. The number of para-hydroxylation sites is 2. The molecule has 4 heteroatoms. The molecule has 4 nitrogen and oxygen atoms in total. The average Bonchev–Trinajstić information content (AvgIpc) is 3.26. The molecule has 4 aromatic rings. The van der Waals surface area contributed by atoms with Gasteiger partial charge in [-0.3, -0.25) is 14.5 Å². The molecule has 2 amide bonds. The lowest BCUT2D eigenvalue weighted by atomic mass is 10.1. The van der Waals surface area contributed by atoms with Gasteiger partial charge in [-0.25, -0.2) is 0 Å². The summed E-state index contributed by atoms with van der Waals surface area (Å²) in [6.07, 6.45) is 5.26. The van der Waals surface area contributed by atoms with Crippen LogP contribution in [0.25, 0.3) is 21.8 Å². The highest BCUT2D eigenvalue weighted by molar-refractivity contribution is 6.21. The number of amides is 2. The van der Waals surface area contributed by atoms with Gasteiger partial charge in [0, 0.05) is 34.9 Å². The molecule has 0 saturated carbocycles. The molecule has 0 unspecified atom stereocenters. The third kappa shape index (κ3) is 3.52. The highest BCUT2D eigenvalue weighted by Crippen LogP contribution is 2.29. The minimum Gasteiger partial charge on any atom is -0.340 e. The number of benzene rings is 3. The summed E-state index contributed by atoms with van der Waals surface area (Å²) < 4.78 is 2.43. The summed E-state index contributed by atoms with van der Waals surface area (Å²) in [4.78, 5) is 26.2. The molecule has 0 saturated heterocycles. The number of imide groups is 1. The Morgan fingerprint density at radius 1 is 0.516 bits per heavy atom. The highest BCUT2D eigenvalue weighted by atomic mass is 16.2. The van der Waals surface area contributed by atoms with Gasteiger partial charge in [0.05, 0.1) is 11.1 Å². The minimum absolute atomic E-state index is 0.146.